The largest absolute Gasteiger partial charge is 0.348 e. The van der Waals surface area contributed by atoms with Crippen molar-refractivity contribution < 1.29 is 4.79 Å². The van der Waals surface area contributed by atoms with E-state index >= 15 is 0 Å². The lowest BCUT2D eigenvalue weighted by Crippen LogP contribution is -2.41. The predicted molar refractivity (Wildman–Crippen MR) is 63.1 cm³/mol. The van der Waals surface area contributed by atoms with Crippen LogP contribution in [0.4, 0.5) is 0 Å². The van der Waals surface area contributed by atoms with E-state index in [-0.39, 0.29) is 5.91 Å². The van der Waals surface area contributed by atoms with Gasteiger partial charge >= 0.3 is 0 Å². The highest BCUT2D eigenvalue weighted by Gasteiger charge is 2.23. The number of nitrogens with one attached hydrogen (secondary N) is 1. The smallest absolute Gasteiger partial charge is 0.270 e. The maximum absolute atomic E-state index is 11.9. The van der Waals surface area contributed by atoms with E-state index in [4.69, 9.17) is 0 Å². The molecular formula is C13H18N2O. The van der Waals surface area contributed by atoms with Gasteiger partial charge in [0.05, 0.1) is 0 Å². The van der Waals surface area contributed by atoms with Gasteiger partial charge in [0.15, 0.2) is 0 Å². The fourth-order valence-electron chi connectivity index (χ4n) is 2.27. The standard InChI is InChI=1S/C13H18N2O/c1-10-6-2-3-7-11(10)15-13(16)12-8-4-5-9-14-12/h4-5,8-11H,2-3,6-7H2,1H3,(H,15,16)/t10-,11+/m1/s1. The molecule has 86 valence electrons. The molecule has 0 aromatic carbocycles. The van der Waals surface area contributed by atoms with Crippen LogP contribution < -0.4 is 5.32 Å². The minimum Gasteiger partial charge on any atom is -0.348 e. The second kappa shape index (κ2) is 5.10. The molecule has 0 spiro atoms. The van der Waals surface area contributed by atoms with Crippen molar-refractivity contribution in [2.75, 3.05) is 0 Å². The van der Waals surface area contributed by atoms with E-state index in [1.54, 1.807) is 12.3 Å². The van der Waals surface area contributed by atoms with Gasteiger partial charge in [0, 0.05) is 12.2 Å². The molecule has 1 aliphatic carbocycles. The summed E-state index contributed by atoms with van der Waals surface area (Å²) in [6, 6.07) is 5.73. The lowest BCUT2D eigenvalue weighted by Gasteiger charge is -2.29. The fraction of sp³-hybridized carbons (Fsp3) is 0.538. The molecule has 2 atom stereocenters. The molecule has 1 saturated carbocycles. The second-order valence-electron chi connectivity index (χ2n) is 4.56. The van der Waals surface area contributed by atoms with Gasteiger partial charge in [-0.1, -0.05) is 25.8 Å². The Labute approximate surface area is 96.3 Å². The van der Waals surface area contributed by atoms with Gasteiger partial charge in [0.1, 0.15) is 5.69 Å². The van der Waals surface area contributed by atoms with Gasteiger partial charge < -0.3 is 5.32 Å². The van der Waals surface area contributed by atoms with E-state index in [1.807, 2.05) is 12.1 Å². The van der Waals surface area contributed by atoms with E-state index in [0.717, 1.165) is 6.42 Å². The van der Waals surface area contributed by atoms with Crippen LogP contribution >= 0.6 is 0 Å². The first-order valence-electron chi connectivity index (χ1n) is 5.99. The Hall–Kier alpha value is -1.38. The Bertz CT molecular complexity index is 350. The highest BCUT2D eigenvalue weighted by molar-refractivity contribution is 5.92. The molecule has 1 aromatic rings. The predicted octanol–water partition coefficient (Wildman–Crippen LogP) is 2.39. The van der Waals surface area contributed by atoms with Crippen molar-refractivity contribution in [3.05, 3.63) is 30.1 Å². The van der Waals surface area contributed by atoms with Crippen molar-refractivity contribution in [1.29, 1.82) is 0 Å². The number of aromatic nitrogens is 1. The van der Waals surface area contributed by atoms with Crippen LogP contribution in [0.1, 0.15) is 43.1 Å². The maximum Gasteiger partial charge on any atom is 0.270 e. The van der Waals surface area contributed by atoms with Crippen molar-refractivity contribution in [3.8, 4) is 0 Å². The average Bonchev–Trinajstić information content (AvgIpc) is 2.33. The number of hydrogen-bond acceptors (Lipinski definition) is 2. The summed E-state index contributed by atoms with van der Waals surface area (Å²) in [5.41, 5.74) is 0.514. The van der Waals surface area contributed by atoms with Crippen LogP contribution in [0.3, 0.4) is 0 Å². The maximum atomic E-state index is 11.9. The van der Waals surface area contributed by atoms with Crippen LogP contribution in [0.15, 0.2) is 24.4 Å². The highest BCUT2D eigenvalue weighted by Crippen LogP contribution is 2.23. The van der Waals surface area contributed by atoms with Crippen molar-refractivity contribution in [3.63, 3.8) is 0 Å². The van der Waals surface area contributed by atoms with E-state index in [1.165, 1.54) is 19.3 Å². The summed E-state index contributed by atoms with van der Waals surface area (Å²) in [5, 5.41) is 3.08. The van der Waals surface area contributed by atoms with Crippen LogP contribution in [-0.2, 0) is 0 Å². The van der Waals surface area contributed by atoms with Gasteiger partial charge in [0.25, 0.3) is 5.91 Å². The zero-order chi connectivity index (χ0) is 11.4. The Kier molecular flexibility index (Phi) is 3.54. The first-order chi connectivity index (χ1) is 7.77. The van der Waals surface area contributed by atoms with Crippen LogP contribution in [0, 0.1) is 5.92 Å². The minimum atomic E-state index is -0.0423. The highest BCUT2D eigenvalue weighted by atomic mass is 16.1. The van der Waals surface area contributed by atoms with E-state index in [9.17, 15) is 4.79 Å². The van der Waals surface area contributed by atoms with Crippen LogP contribution in [0.2, 0.25) is 0 Å². The molecule has 2 rings (SSSR count). The fourth-order valence-corrected chi connectivity index (χ4v) is 2.27. The van der Waals surface area contributed by atoms with E-state index in [2.05, 4.69) is 17.2 Å². The molecule has 1 amide bonds. The molecule has 16 heavy (non-hydrogen) atoms. The topological polar surface area (TPSA) is 42.0 Å². The number of carbonyl (C=O) groups is 1. The molecular weight excluding hydrogens is 200 g/mol. The van der Waals surface area contributed by atoms with Gasteiger partial charge in [-0.25, -0.2) is 0 Å². The summed E-state index contributed by atoms with van der Waals surface area (Å²) in [6.45, 7) is 2.21. The lowest BCUT2D eigenvalue weighted by atomic mass is 9.86. The van der Waals surface area contributed by atoms with Gasteiger partial charge in [0.2, 0.25) is 0 Å². The molecule has 1 N–H and O–H groups in total. The van der Waals surface area contributed by atoms with Gasteiger partial charge in [-0.05, 0) is 30.9 Å². The van der Waals surface area contributed by atoms with Gasteiger partial charge in [-0.15, -0.1) is 0 Å². The molecule has 0 bridgehead atoms. The van der Waals surface area contributed by atoms with Crippen LogP contribution in [0.25, 0.3) is 0 Å². The summed E-state index contributed by atoms with van der Waals surface area (Å²) in [6.07, 6.45) is 6.47. The molecule has 0 radical (unpaired) electrons. The zero-order valence-electron chi connectivity index (χ0n) is 9.65. The Balaban J connectivity index is 1.96. The SMILES string of the molecule is C[C@@H]1CCCC[C@@H]1NC(=O)c1ccccn1. The number of amides is 1. The quantitative estimate of drug-likeness (QED) is 0.828. The molecule has 1 fully saturated rings. The van der Waals surface area contributed by atoms with Crippen molar-refractivity contribution >= 4 is 5.91 Å². The normalized spacial score (nSPS) is 25.1. The summed E-state index contributed by atoms with van der Waals surface area (Å²) in [4.78, 5) is 15.9. The van der Waals surface area contributed by atoms with Crippen LogP contribution in [-0.4, -0.2) is 16.9 Å². The molecule has 3 nitrogen and oxygen atoms in total. The first kappa shape index (κ1) is 11.1. The average molecular weight is 218 g/mol. The molecule has 0 saturated heterocycles. The monoisotopic (exact) mass is 218 g/mol. The first-order valence-corrected chi connectivity index (χ1v) is 5.99. The van der Waals surface area contributed by atoms with Crippen molar-refractivity contribution in [2.45, 2.75) is 38.6 Å². The van der Waals surface area contributed by atoms with Crippen molar-refractivity contribution in [1.82, 2.24) is 10.3 Å². The number of hydrogen-bond donors (Lipinski definition) is 1. The number of pyridine rings is 1. The second-order valence-corrected chi connectivity index (χ2v) is 4.56. The zero-order valence-corrected chi connectivity index (χ0v) is 9.65. The van der Waals surface area contributed by atoms with Crippen LogP contribution in [0.5, 0.6) is 0 Å². The van der Waals surface area contributed by atoms with Crippen molar-refractivity contribution in [2.24, 2.45) is 5.92 Å². The van der Waals surface area contributed by atoms with E-state index in [0.29, 0.717) is 17.7 Å². The number of nitrogens with zero attached hydrogens (tertiary/aromatic N) is 1. The third-order valence-corrected chi connectivity index (χ3v) is 3.33. The van der Waals surface area contributed by atoms with Gasteiger partial charge in [-0.2, -0.15) is 0 Å². The molecule has 0 aliphatic heterocycles. The Morgan fingerprint density at radius 1 is 1.38 bits per heavy atom. The molecule has 0 unspecified atom stereocenters. The molecule has 3 heteroatoms. The third kappa shape index (κ3) is 2.60. The minimum absolute atomic E-state index is 0.0423. The van der Waals surface area contributed by atoms with E-state index < -0.39 is 0 Å². The summed E-state index contributed by atoms with van der Waals surface area (Å²) < 4.78 is 0. The number of rotatable bonds is 2. The summed E-state index contributed by atoms with van der Waals surface area (Å²) >= 11 is 0. The molecule has 1 aromatic heterocycles. The number of carbonyl (C=O) groups excluding carboxylic acids is 1. The Morgan fingerprint density at radius 2 is 2.19 bits per heavy atom. The van der Waals surface area contributed by atoms with Gasteiger partial charge in [-0.3, -0.25) is 9.78 Å². The summed E-state index contributed by atoms with van der Waals surface area (Å²) in [5.74, 6) is 0.542. The molecule has 1 aliphatic rings. The lowest BCUT2D eigenvalue weighted by molar-refractivity contribution is 0.0905. The Morgan fingerprint density at radius 3 is 2.88 bits per heavy atom. The third-order valence-electron chi connectivity index (χ3n) is 3.33. The summed E-state index contributed by atoms with van der Waals surface area (Å²) in [7, 11) is 0. The molecule has 1 heterocycles.